The molecule has 0 atom stereocenters. The van der Waals surface area contributed by atoms with Crippen molar-refractivity contribution < 1.29 is 27.5 Å². The monoisotopic (exact) mass is 365 g/mol. The second-order valence-electron chi connectivity index (χ2n) is 3.89. The van der Waals surface area contributed by atoms with E-state index in [-0.39, 0.29) is 0 Å². The van der Waals surface area contributed by atoms with Crippen LogP contribution in [0.4, 0.5) is 13.2 Å². The van der Waals surface area contributed by atoms with Crippen molar-refractivity contribution in [1.82, 2.24) is 5.32 Å². The van der Waals surface area contributed by atoms with Gasteiger partial charge in [-0.3, -0.25) is 4.79 Å². The summed E-state index contributed by atoms with van der Waals surface area (Å²) in [5.41, 5.74) is 0.725. The second kappa shape index (κ2) is 7.82. The number of hydrogen-bond donors (Lipinski definition) is 1. The Balaban J connectivity index is 2.36. The lowest BCUT2D eigenvalue weighted by Gasteiger charge is -2.07. The molecule has 0 radical (unpaired) electrons. The lowest BCUT2D eigenvalue weighted by atomic mass is 10.2. The summed E-state index contributed by atoms with van der Waals surface area (Å²) in [4.78, 5) is 22.3. The summed E-state index contributed by atoms with van der Waals surface area (Å²) < 4.78 is 40.8. The molecule has 4 nitrogen and oxygen atoms in total. The van der Waals surface area contributed by atoms with Crippen molar-refractivity contribution in [2.75, 3.05) is 13.2 Å². The van der Waals surface area contributed by atoms with Crippen LogP contribution in [0.2, 0.25) is 0 Å². The number of carbonyl (C=O) groups is 2. The Labute approximate surface area is 127 Å². The molecule has 0 saturated carbocycles. The van der Waals surface area contributed by atoms with E-state index in [0.717, 1.165) is 16.1 Å². The first-order chi connectivity index (χ1) is 9.76. The predicted molar refractivity (Wildman–Crippen MR) is 73.2 cm³/mol. The van der Waals surface area contributed by atoms with Gasteiger partial charge in [-0.25, -0.2) is 4.79 Å². The molecular formula is C13H11BrF3NO3. The average molecular weight is 366 g/mol. The molecule has 1 N–H and O–H groups in total. The van der Waals surface area contributed by atoms with Gasteiger partial charge in [-0.2, -0.15) is 13.2 Å². The number of ether oxygens (including phenoxy) is 1. The molecule has 114 valence electrons. The molecule has 0 unspecified atom stereocenters. The molecule has 1 aromatic carbocycles. The predicted octanol–water partition coefficient (Wildman–Crippen LogP) is 2.68. The van der Waals surface area contributed by atoms with E-state index in [0.29, 0.717) is 0 Å². The average Bonchev–Trinajstić information content (AvgIpc) is 2.40. The normalized spacial score (nSPS) is 11.4. The van der Waals surface area contributed by atoms with E-state index >= 15 is 0 Å². The van der Waals surface area contributed by atoms with Crippen molar-refractivity contribution in [1.29, 1.82) is 0 Å². The smallest absolute Gasteiger partial charge is 0.405 e. The van der Waals surface area contributed by atoms with Gasteiger partial charge in [0.2, 0.25) is 0 Å². The Morgan fingerprint density at radius 1 is 1.33 bits per heavy atom. The summed E-state index contributed by atoms with van der Waals surface area (Å²) in [5.74, 6) is -1.84. The van der Waals surface area contributed by atoms with Crippen LogP contribution in [0.1, 0.15) is 5.56 Å². The van der Waals surface area contributed by atoms with Gasteiger partial charge in [0.1, 0.15) is 6.54 Å². The Morgan fingerprint density at radius 3 is 2.67 bits per heavy atom. The molecule has 0 heterocycles. The first kappa shape index (κ1) is 17.2. The molecule has 0 saturated heterocycles. The maximum absolute atomic E-state index is 11.8. The molecule has 0 aliphatic rings. The molecule has 1 rings (SSSR count). The Bertz CT molecular complexity index is 544. The van der Waals surface area contributed by atoms with Gasteiger partial charge in [-0.05, 0) is 23.8 Å². The summed E-state index contributed by atoms with van der Waals surface area (Å²) in [6.07, 6.45) is -1.96. The van der Waals surface area contributed by atoms with Crippen molar-refractivity contribution >= 4 is 33.9 Å². The largest absolute Gasteiger partial charge is 0.452 e. The van der Waals surface area contributed by atoms with Crippen LogP contribution < -0.4 is 5.32 Å². The fourth-order valence-corrected chi connectivity index (χ4v) is 1.63. The quantitative estimate of drug-likeness (QED) is 0.644. The number of esters is 1. The van der Waals surface area contributed by atoms with Crippen molar-refractivity contribution in [2.24, 2.45) is 0 Å². The minimum Gasteiger partial charge on any atom is -0.452 e. The van der Waals surface area contributed by atoms with Crippen molar-refractivity contribution in [3.63, 3.8) is 0 Å². The molecule has 0 bridgehead atoms. The fourth-order valence-electron chi connectivity index (χ4n) is 1.21. The highest BCUT2D eigenvalue weighted by molar-refractivity contribution is 9.10. The van der Waals surface area contributed by atoms with E-state index < -0.39 is 31.2 Å². The van der Waals surface area contributed by atoms with Crippen LogP contribution >= 0.6 is 15.9 Å². The maximum Gasteiger partial charge on any atom is 0.405 e. The first-order valence-electron chi connectivity index (χ1n) is 5.70. The molecule has 0 aromatic heterocycles. The highest BCUT2D eigenvalue weighted by atomic mass is 79.9. The molecule has 1 amide bonds. The van der Waals surface area contributed by atoms with Gasteiger partial charge in [-0.15, -0.1) is 0 Å². The van der Waals surface area contributed by atoms with Crippen LogP contribution in [0, 0.1) is 0 Å². The second-order valence-corrected chi connectivity index (χ2v) is 4.80. The Kier molecular flexibility index (Phi) is 6.41. The summed E-state index contributed by atoms with van der Waals surface area (Å²) >= 11 is 3.26. The topological polar surface area (TPSA) is 55.4 Å². The van der Waals surface area contributed by atoms with E-state index in [1.807, 2.05) is 0 Å². The summed E-state index contributed by atoms with van der Waals surface area (Å²) in [7, 11) is 0. The molecule has 0 aliphatic heterocycles. The zero-order valence-corrected chi connectivity index (χ0v) is 12.2. The third kappa shape index (κ3) is 8.13. The van der Waals surface area contributed by atoms with Crippen LogP contribution in [0.25, 0.3) is 6.08 Å². The molecule has 21 heavy (non-hydrogen) atoms. The molecule has 0 fully saturated rings. The van der Waals surface area contributed by atoms with Gasteiger partial charge in [0.25, 0.3) is 5.91 Å². The van der Waals surface area contributed by atoms with Gasteiger partial charge >= 0.3 is 12.1 Å². The molecular weight excluding hydrogens is 355 g/mol. The number of nitrogens with one attached hydrogen (secondary N) is 1. The first-order valence-corrected chi connectivity index (χ1v) is 6.49. The van der Waals surface area contributed by atoms with Gasteiger partial charge < -0.3 is 10.1 Å². The van der Waals surface area contributed by atoms with E-state index in [9.17, 15) is 22.8 Å². The summed E-state index contributed by atoms with van der Waals surface area (Å²) in [6.45, 7) is -2.23. The van der Waals surface area contributed by atoms with Crippen molar-refractivity contribution in [3.05, 3.63) is 40.4 Å². The zero-order chi connectivity index (χ0) is 15.9. The molecule has 1 aromatic rings. The number of hydrogen-bond acceptors (Lipinski definition) is 3. The third-order valence-electron chi connectivity index (χ3n) is 2.09. The maximum atomic E-state index is 11.8. The third-order valence-corrected chi connectivity index (χ3v) is 2.59. The number of amides is 1. The van der Waals surface area contributed by atoms with Crippen molar-refractivity contribution in [3.8, 4) is 0 Å². The SMILES string of the molecule is O=C(COC(=O)/C=C/c1cccc(Br)c1)NCC(F)(F)F. The van der Waals surface area contributed by atoms with Gasteiger partial charge in [0.15, 0.2) is 6.61 Å². The number of carbonyl (C=O) groups excluding carboxylic acids is 2. The lowest BCUT2D eigenvalue weighted by Crippen LogP contribution is -2.36. The zero-order valence-electron chi connectivity index (χ0n) is 10.6. The highest BCUT2D eigenvalue weighted by Crippen LogP contribution is 2.13. The van der Waals surface area contributed by atoms with Gasteiger partial charge in [0, 0.05) is 10.5 Å². The van der Waals surface area contributed by atoms with Gasteiger partial charge in [0.05, 0.1) is 0 Å². The van der Waals surface area contributed by atoms with Gasteiger partial charge in [-0.1, -0.05) is 28.1 Å². The highest BCUT2D eigenvalue weighted by Gasteiger charge is 2.27. The number of halogens is 4. The van der Waals surface area contributed by atoms with Crippen LogP contribution in [0.3, 0.4) is 0 Å². The minimum absolute atomic E-state index is 0.725. The van der Waals surface area contributed by atoms with Crippen LogP contribution in [0.5, 0.6) is 0 Å². The van der Waals surface area contributed by atoms with E-state index in [1.165, 1.54) is 6.08 Å². The minimum atomic E-state index is -4.50. The lowest BCUT2D eigenvalue weighted by molar-refractivity contribution is -0.148. The van der Waals surface area contributed by atoms with E-state index in [2.05, 4.69) is 20.7 Å². The number of benzene rings is 1. The summed E-state index contributed by atoms with van der Waals surface area (Å²) in [6, 6.07) is 7.06. The number of alkyl halides is 3. The van der Waals surface area contributed by atoms with Crippen molar-refractivity contribution in [2.45, 2.75) is 6.18 Å². The van der Waals surface area contributed by atoms with E-state index in [4.69, 9.17) is 0 Å². The van der Waals surface area contributed by atoms with Crippen LogP contribution in [-0.4, -0.2) is 31.2 Å². The van der Waals surface area contributed by atoms with E-state index in [1.54, 1.807) is 29.6 Å². The Hall–Kier alpha value is -1.83. The molecule has 0 aliphatic carbocycles. The molecule has 0 spiro atoms. The standard InChI is InChI=1S/C13H11BrF3NO3/c14-10-3-1-2-9(6-10)4-5-12(20)21-7-11(19)18-8-13(15,16)17/h1-6H,7-8H2,(H,18,19)/b5-4+. The number of rotatable bonds is 5. The summed E-state index contributed by atoms with van der Waals surface area (Å²) in [5, 5.41) is 1.59. The Morgan fingerprint density at radius 2 is 2.05 bits per heavy atom. The van der Waals surface area contributed by atoms with Crippen LogP contribution in [-0.2, 0) is 14.3 Å². The fraction of sp³-hybridized carbons (Fsp3) is 0.231. The molecule has 8 heteroatoms. The van der Waals surface area contributed by atoms with Crippen LogP contribution in [0.15, 0.2) is 34.8 Å².